The van der Waals surface area contributed by atoms with Crippen molar-refractivity contribution >= 4 is 36.4 Å². The van der Waals surface area contributed by atoms with Gasteiger partial charge in [0.2, 0.25) is 0 Å². The number of carbonyl (C=O) groups excluding carboxylic acids is 2. The number of ether oxygens (including phenoxy) is 2. The lowest BCUT2D eigenvalue weighted by Crippen LogP contribution is -2.39. The molecule has 0 spiro atoms. The molecule has 1 aliphatic carbocycles. The van der Waals surface area contributed by atoms with Gasteiger partial charge in [0.1, 0.15) is 24.7 Å². The number of carbonyl (C=O) groups is 2. The number of rotatable bonds is 12. The number of nitrogens with zero attached hydrogens (tertiary/aromatic N) is 2. The Bertz CT molecular complexity index is 984. The fourth-order valence-electron chi connectivity index (χ4n) is 5.05. The van der Waals surface area contributed by atoms with Crippen molar-refractivity contribution in [3.63, 3.8) is 0 Å². The van der Waals surface area contributed by atoms with Gasteiger partial charge in [-0.3, -0.25) is 19.4 Å². The molecule has 0 aromatic heterocycles. The fourth-order valence-corrected chi connectivity index (χ4v) is 5.05. The zero-order valence-electron chi connectivity index (χ0n) is 23.9. The topological polar surface area (TPSA) is 59.1 Å². The number of halogens is 2. The zero-order chi connectivity index (χ0) is 26.6. The second-order valence-corrected chi connectivity index (χ2v) is 10.6. The summed E-state index contributed by atoms with van der Waals surface area (Å²) in [7, 11) is 0. The molecule has 2 aromatic carbocycles. The summed E-state index contributed by atoms with van der Waals surface area (Å²) in [6.07, 6.45) is 0. The number of hydrogen-bond acceptors (Lipinski definition) is 6. The second kappa shape index (κ2) is 14.9. The molecule has 0 fully saturated rings. The van der Waals surface area contributed by atoms with Crippen LogP contribution in [-0.4, -0.2) is 71.8 Å². The fraction of sp³-hybridized carbons (Fsp3) is 0.533. The minimum Gasteiger partial charge on any atom is -0.492 e. The Morgan fingerprint density at radius 1 is 0.553 bits per heavy atom. The van der Waals surface area contributed by atoms with Gasteiger partial charge >= 0.3 is 0 Å². The van der Waals surface area contributed by atoms with Crippen molar-refractivity contribution in [2.24, 2.45) is 0 Å². The van der Waals surface area contributed by atoms with Crippen LogP contribution in [0.1, 0.15) is 87.2 Å². The molecule has 38 heavy (non-hydrogen) atoms. The molecule has 0 unspecified atom stereocenters. The van der Waals surface area contributed by atoms with Crippen molar-refractivity contribution in [3.05, 3.63) is 58.7 Å². The molecule has 0 saturated carbocycles. The van der Waals surface area contributed by atoms with Crippen LogP contribution in [0.15, 0.2) is 36.4 Å². The van der Waals surface area contributed by atoms with Gasteiger partial charge in [0, 0.05) is 59.5 Å². The highest BCUT2D eigenvalue weighted by molar-refractivity contribution is 6.28. The van der Waals surface area contributed by atoms with Crippen LogP contribution in [-0.2, 0) is 0 Å². The van der Waals surface area contributed by atoms with Crippen LogP contribution >= 0.6 is 24.8 Å². The Kier molecular flexibility index (Phi) is 13.3. The van der Waals surface area contributed by atoms with E-state index in [1.807, 2.05) is 0 Å². The Hall–Kier alpha value is -2.12. The highest BCUT2D eigenvalue weighted by Gasteiger charge is 2.30. The van der Waals surface area contributed by atoms with Gasteiger partial charge in [-0.2, -0.15) is 0 Å². The van der Waals surface area contributed by atoms with Crippen LogP contribution in [0.3, 0.4) is 0 Å². The molecule has 0 N–H and O–H groups in total. The van der Waals surface area contributed by atoms with Crippen LogP contribution in [0.2, 0.25) is 0 Å². The third-order valence-corrected chi connectivity index (χ3v) is 6.85. The summed E-state index contributed by atoms with van der Waals surface area (Å²) in [5.74, 6) is 0.887. The normalized spacial score (nSPS) is 12.7. The van der Waals surface area contributed by atoms with Crippen LogP contribution in [0, 0.1) is 0 Å². The number of ketones is 2. The van der Waals surface area contributed by atoms with Gasteiger partial charge in [-0.25, -0.2) is 0 Å². The van der Waals surface area contributed by atoms with Crippen molar-refractivity contribution in [1.82, 2.24) is 9.80 Å². The Morgan fingerprint density at radius 3 is 1.16 bits per heavy atom. The smallest absolute Gasteiger partial charge is 0.194 e. The van der Waals surface area contributed by atoms with Crippen LogP contribution in [0.25, 0.3) is 0 Å². The van der Waals surface area contributed by atoms with Crippen LogP contribution < -0.4 is 9.47 Å². The molecule has 0 heterocycles. The van der Waals surface area contributed by atoms with E-state index in [0.717, 1.165) is 13.1 Å². The van der Waals surface area contributed by atoms with Crippen molar-refractivity contribution < 1.29 is 19.1 Å². The molecule has 0 amide bonds. The van der Waals surface area contributed by atoms with E-state index in [-0.39, 0.29) is 36.4 Å². The third kappa shape index (κ3) is 7.95. The molecular weight excluding hydrogens is 523 g/mol. The molecule has 1 aliphatic rings. The number of fused-ring (bicyclic) bond motifs is 2. The molecule has 0 atom stereocenters. The van der Waals surface area contributed by atoms with E-state index in [4.69, 9.17) is 9.47 Å². The predicted molar refractivity (Wildman–Crippen MR) is 159 cm³/mol. The summed E-state index contributed by atoms with van der Waals surface area (Å²) >= 11 is 0. The number of hydrogen-bond donors (Lipinski definition) is 0. The molecule has 0 saturated heterocycles. The lowest BCUT2D eigenvalue weighted by Gasteiger charge is -2.30. The van der Waals surface area contributed by atoms with Gasteiger partial charge in [0.25, 0.3) is 0 Å². The SMILES string of the molecule is CC(C)N(CCOc1ccc2c(c1)C(=O)c1ccc(OCCN(C(C)C)C(C)C)cc1C2=O)C(C)C.Cl.Cl. The van der Waals surface area contributed by atoms with Gasteiger partial charge in [-0.1, -0.05) is 0 Å². The third-order valence-electron chi connectivity index (χ3n) is 6.85. The quantitative estimate of drug-likeness (QED) is 0.256. The maximum absolute atomic E-state index is 13.3. The standard InChI is InChI=1S/C30H42N2O4.2ClH/c1-19(2)31(20(3)4)13-15-35-23-9-11-25-27(17-23)29(33)26-12-10-24(18-28(26)30(25)34)36-16-14-32(21(5)6)22(7)8;;/h9-12,17-22H,13-16H2,1-8H3;2*1H. The average Bonchev–Trinajstić information content (AvgIpc) is 2.81. The van der Waals surface area contributed by atoms with E-state index in [2.05, 4.69) is 65.2 Å². The first-order valence-electron chi connectivity index (χ1n) is 13.2. The Morgan fingerprint density at radius 2 is 0.868 bits per heavy atom. The van der Waals surface area contributed by atoms with E-state index in [9.17, 15) is 9.59 Å². The van der Waals surface area contributed by atoms with Gasteiger partial charge in [-0.05, 0) is 91.8 Å². The molecule has 8 heteroatoms. The molecular formula is C30H44Cl2N2O4. The summed E-state index contributed by atoms with van der Waals surface area (Å²) in [6, 6.07) is 12.0. The highest BCUT2D eigenvalue weighted by Crippen LogP contribution is 2.32. The first-order valence-corrected chi connectivity index (χ1v) is 13.2. The summed E-state index contributed by atoms with van der Waals surface area (Å²) < 4.78 is 11.9. The minimum absolute atomic E-state index is 0. The largest absolute Gasteiger partial charge is 0.492 e. The molecule has 0 bridgehead atoms. The van der Waals surface area contributed by atoms with E-state index in [0.29, 0.717) is 71.1 Å². The lowest BCUT2D eigenvalue weighted by atomic mass is 9.84. The first-order chi connectivity index (χ1) is 17.0. The van der Waals surface area contributed by atoms with E-state index in [1.54, 1.807) is 36.4 Å². The number of benzene rings is 2. The summed E-state index contributed by atoms with van der Waals surface area (Å²) in [5, 5.41) is 0. The monoisotopic (exact) mass is 566 g/mol. The minimum atomic E-state index is -0.159. The van der Waals surface area contributed by atoms with Gasteiger partial charge in [0.05, 0.1) is 0 Å². The van der Waals surface area contributed by atoms with E-state index in [1.165, 1.54) is 0 Å². The summed E-state index contributed by atoms with van der Waals surface area (Å²) in [6.45, 7) is 20.0. The van der Waals surface area contributed by atoms with Crippen molar-refractivity contribution in [1.29, 1.82) is 0 Å². The van der Waals surface area contributed by atoms with Gasteiger partial charge in [0.15, 0.2) is 11.6 Å². The molecule has 0 radical (unpaired) electrons. The highest BCUT2D eigenvalue weighted by atomic mass is 35.5. The van der Waals surface area contributed by atoms with Gasteiger partial charge in [-0.15, -0.1) is 24.8 Å². The Balaban J connectivity index is 0.00000361. The van der Waals surface area contributed by atoms with Crippen molar-refractivity contribution in [2.45, 2.75) is 79.6 Å². The summed E-state index contributed by atoms with van der Waals surface area (Å²) in [5.41, 5.74) is 1.61. The molecule has 3 rings (SSSR count). The summed E-state index contributed by atoms with van der Waals surface area (Å²) in [4.78, 5) is 31.2. The molecule has 6 nitrogen and oxygen atoms in total. The lowest BCUT2D eigenvalue weighted by molar-refractivity contribution is 0.0978. The molecule has 0 aliphatic heterocycles. The maximum Gasteiger partial charge on any atom is 0.194 e. The van der Waals surface area contributed by atoms with Crippen molar-refractivity contribution in [3.8, 4) is 11.5 Å². The second-order valence-electron chi connectivity index (χ2n) is 10.6. The molecule has 2 aromatic rings. The first kappa shape index (κ1) is 33.9. The zero-order valence-corrected chi connectivity index (χ0v) is 25.6. The maximum atomic E-state index is 13.3. The van der Waals surface area contributed by atoms with Crippen LogP contribution in [0.4, 0.5) is 0 Å². The van der Waals surface area contributed by atoms with Gasteiger partial charge < -0.3 is 9.47 Å². The average molecular weight is 568 g/mol. The Labute approximate surface area is 240 Å². The predicted octanol–water partition coefficient (Wildman–Crippen LogP) is 6.30. The van der Waals surface area contributed by atoms with Crippen molar-refractivity contribution in [2.75, 3.05) is 26.3 Å². The molecule has 212 valence electrons. The van der Waals surface area contributed by atoms with E-state index < -0.39 is 0 Å². The van der Waals surface area contributed by atoms with E-state index >= 15 is 0 Å². The van der Waals surface area contributed by atoms with Crippen LogP contribution in [0.5, 0.6) is 11.5 Å².